The van der Waals surface area contributed by atoms with E-state index in [0.717, 1.165) is 31.5 Å². The van der Waals surface area contributed by atoms with Crippen LogP contribution in [0, 0.1) is 10.1 Å². The Labute approximate surface area is 174 Å². The fourth-order valence-corrected chi connectivity index (χ4v) is 3.48. The molecule has 0 radical (unpaired) electrons. The highest BCUT2D eigenvalue weighted by molar-refractivity contribution is 5.97. The quantitative estimate of drug-likeness (QED) is 0.524. The number of aromatic nitrogens is 2. The number of amides is 1. The van der Waals surface area contributed by atoms with Crippen molar-refractivity contribution in [2.24, 2.45) is 0 Å². The molecule has 0 unspecified atom stereocenters. The lowest BCUT2D eigenvalue weighted by atomic mass is 9.91. The van der Waals surface area contributed by atoms with E-state index < -0.39 is 4.92 Å². The fraction of sp³-hybridized carbons (Fsp3) is 0.450. The lowest BCUT2D eigenvalue weighted by molar-refractivity contribution is -0.384. The highest BCUT2D eigenvalue weighted by atomic mass is 16.6. The number of nitrogens with zero attached hydrogens (tertiary/aromatic N) is 4. The lowest BCUT2D eigenvalue weighted by Gasteiger charge is -2.30. The zero-order chi connectivity index (χ0) is 21.7. The van der Waals surface area contributed by atoms with Gasteiger partial charge in [0.05, 0.1) is 23.7 Å². The molecule has 3 rings (SSSR count). The summed E-state index contributed by atoms with van der Waals surface area (Å²) in [7, 11) is 5.25. The van der Waals surface area contributed by atoms with Gasteiger partial charge < -0.3 is 20.3 Å². The molecule has 1 aromatic carbocycles. The van der Waals surface area contributed by atoms with Crippen LogP contribution in [0.25, 0.3) is 0 Å². The van der Waals surface area contributed by atoms with Gasteiger partial charge in [-0.15, -0.1) is 0 Å². The number of non-ortho nitro benzene ring substituents is 1. The molecular formula is C20H26N6O4. The minimum atomic E-state index is -0.517. The van der Waals surface area contributed by atoms with E-state index in [-0.39, 0.29) is 35.0 Å². The molecule has 1 heterocycles. The maximum Gasteiger partial charge on any atom is 0.273 e. The van der Waals surface area contributed by atoms with Crippen molar-refractivity contribution < 1.29 is 14.5 Å². The van der Waals surface area contributed by atoms with Gasteiger partial charge in [0, 0.05) is 38.4 Å². The van der Waals surface area contributed by atoms with E-state index in [2.05, 4.69) is 20.6 Å². The normalized spacial score (nSPS) is 18.4. The van der Waals surface area contributed by atoms with Crippen molar-refractivity contribution in [2.45, 2.75) is 37.8 Å². The molecule has 1 saturated carbocycles. The predicted molar refractivity (Wildman–Crippen MR) is 113 cm³/mol. The fourth-order valence-electron chi connectivity index (χ4n) is 3.48. The number of nitro groups is 1. The van der Waals surface area contributed by atoms with Crippen molar-refractivity contribution in [1.82, 2.24) is 15.3 Å². The van der Waals surface area contributed by atoms with Crippen LogP contribution in [-0.2, 0) is 0 Å². The van der Waals surface area contributed by atoms with Crippen molar-refractivity contribution in [3.8, 4) is 5.75 Å². The average molecular weight is 414 g/mol. The lowest BCUT2D eigenvalue weighted by Crippen LogP contribution is -2.40. The van der Waals surface area contributed by atoms with Crippen molar-refractivity contribution in [2.75, 3.05) is 31.4 Å². The molecule has 1 aromatic heterocycles. The van der Waals surface area contributed by atoms with Gasteiger partial charge in [-0.1, -0.05) is 0 Å². The van der Waals surface area contributed by atoms with E-state index in [1.165, 1.54) is 25.3 Å². The summed E-state index contributed by atoms with van der Waals surface area (Å²) >= 11 is 0. The number of nitrogens with one attached hydrogen (secondary N) is 2. The van der Waals surface area contributed by atoms with Crippen LogP contribution in [0.1, 0.15) is 36.0 Å². The summed E-state index contributed by atoms with van der Waals surface area (Å²) in [6, 6.07) is 6.12. The molecule has 10 nitrogen and oxygen atoms in total. The Morgan fingerprint density at radius 3 is 2.53 bits per heavy atom. The molecule has 1 aliphatic carbocycles. The van der Waals surface area contributed by atoms with E-state index in [4.69, 9.17) is 4.74 Å². The van der Waals surface area contributed by atoms with E-state index in [9.17, 15) is 14.9 Å². The number of hydrogen-bond acceptors (Lipinski definition) is 8. The third-order valence-corrected chi connectivity index (χ3v) is 5.14. The second-order valence-corrected chi connectivity index (χ2v) is 7.44. The van der Waals surface area contributed by atoms with Crippen LogP contribution in [0.4, 0.5) is 17.5 Å². The van der Waals surface area contributed by atoms with Gasteiger partial charge in [0.1, 0.15) is 11.6 Å². The smallest absolute Gasteiger partial charge is 0.273 e. The molecule has 2 aromatic rings. The Kier molecular flexibility index (Phi) is 6.65. The first-order chi connectivity index (χ1) is 14.4. The zero-order valence-electron chi connectivity index (χ0n) is 17.3. The molecule has 0 aliphatic heterocycles. The van der Waals surface area contributed by atoms with E-state index in [1.807, 2.05) is 25.1 Å². The van der Waals surface area contributed by atoms with E-state index in [0.29, 0.717) is 5.95 Å². The summed E-state index contributed by atoms with van der Waals surface area (Å²) in [5, 5.41) is 17.3. The molecule has 0 atom stereocenters. The number of benzene rings is 1. The maximum absolute atomic E-state index is 12.6. The first-order valence-corrected chi connectivity index (χ1v) is 9.77. The van der Waals surface area contributed by atoms with Gasteiger partial charge in [-0.3, -0.25) is 14.9 Å². The molecular weight excluding hydrogens is 388 g/mol. The molecule has 1 aliphatic rings. The molecule has 0 saturated heterocycles. The van der Waals surface area contributed by atoms with Gasteiger partial charge in [0.25, 0.3) is 11.6 Å². The number of carbonyl (C=O) groups is 1. The third-order valence-electron chi connectivity index (χ3n) is 5.14. The first kappa shape index (κ1) is 21.3. The molecule has 10 heteroatoms. The minimum Gasteiger partial charge on any atom is -0.496 e. The molecule has 0 bridgehead atoms. The number of nitro benzene ring substituents is 1. The zero-order valence-corrected chi connectivity index (χ0v) is 17.3. The summed E-state index contributed by atoms with van der Waals surface area (Å²) in [6.45, 7) is 0. The van der Waals surface area contributed by atoms with Gasteiger partial charge in [-0.05, 0) is 37.8 Å². The largest absolute Gasteiger partial charge is 0.496 e. The van der Waals surface area contributed by atoms with Crippen molar-refractivity contribution in [3.63, 3.8) is 0 Å². The van der Waals surface area contributed by atoms with E-state index in [1.54, 1.807) is 6.20 Å². The topological polar surface area (TPSA) is 123 Å². The molecule has 160 valence electrons. The monoisotopic (exact) mass is 414 g/mol. The van der Waals surface area contributed by atoms with Crippen LogP contribution in [0.15, 0.2) is 30.5 Å². The van der Waals surface area contributed by atoms with Crippen LogP contribution < -0.4 is 20.3 Å². The summed E-state index contributed by atoms with van der Waals surface area (Å²) in [5.74, 6) is 1.34. The Bertz CT molecular complexity index is 912. The minimum absolute atomic E-state index is 0.0319. The van der Waals surface area contributed by atoms with Crippen LogP contribution in [0.2, 0.25) is 0 Å². The van der Waals surface area contributed by atoms with Crippen LogP contribution >= 0.6 is 0 Å². The summed E-state index contributed by atoms with van der Waals surface area (Å²) in [6.07, 6.45) is 5.10. The Hall–Kier alpha value is -3.43. The standard InChI is InChI=1S/C20H26N6O4/c1-25(2)18-10-11-21-20(24-18)23-14-6-4-13(5-7-14)22-19(27)16-9-8-15(26(28)29)12-17(16)30-3/h8-14H,4-7H2,1-3H3,(H,22,27)(H,21,23,24)/t13-,14+. The number of carbonyl (C=O) groups excluding carboxylic acids is 1. The number of methoxy groups -OCH3 is 1. The number of anilines is 2. The van der Waals surface area contributed by atoms with Crippen LogP contribution in [0.5, 0.6) is 5.75 Å². The van der Waals surface area contributed by atoms with Crippen molar-refractivity contribution >= 4 is 23.4 Å². The predicted octanol–water partition coefficient (Wildman–Crippen LogP) is 2.61. The molecule has 2 N–H and O–H groups in total. The molecule has 0 spiro atoms. The Morgan fingerprint density at radius 2 is 1.90 bits per heavy atom. The highest BCUT2D eigenvalue weighted by Crippen LogP contribution is 2.26. The van der Waals surface area contributed by atoms with Gasteiger partial charge in [-0.25, -0.2) is 4.98 Å². The van der Waals surface area contributed by atoms with E-state index >= 15 is 0 Å². The van der Waals surface area contributed by atoms with Gasteiger partial charge in [0.2, 0.25) is 5.95 Å². The molecule has 30 heavy (non-hydrogen) atoms. The second kappa shape index (κ2) is 9.38. The SMILES string of the molecule is COc1cc([N+](=O)[O-])ccc1C(=O)N[C@H]1CC[C@@H](Nc2nccc(N(C)C)n2)CC1. The summed E-state index contributed by atoms with van der Waals surface area (Å²) < 4.78 is 5.16. The first-order valence-electron chi connectivity index (χ1n) is 9.77. The van der Waals surface area contributed by atoms with Crippen molar-refractivity contribution in [1.29, 1.82) is 0 Å². The van der Waals surface area contributed by atoms with Crippen LogP contribution in [0.3, 0.4) is 0 Å². The van der Waals surface area contributed by atoms with Gasteiger partial charge >= 0.3 is 0 Å². The van der Waals surface area contributed by atoms with Crippen molar-refractivity contribution in [3.05, 3.63) is 46.1 Å². The molecule has 1 amide bonds. The highest BCUT2D eigenvalue weighted by Gasteiger charge is 2.25. The number of ether oxygens (including phenoxy) is 1. The summed E-state index contributed by atoms with van der Waals surface area (Å²) in [4.78, 5) is 33.7. The Balaban J connectivity index is 1.55. The number of rotatable bonds is 7. The third kappa shape index (κ3) is 5.13. The average Bonchev–Trinajstić information content (AvgIpc) is 2.74. The summed E-state index contributed by atoms with van der Waals surface area (Å²) in [5.41, 5.74) is 0.174. The maximum atomic E-state index is 12.6. The van der Waals surface area contributed by atoms with Gasteiger partial charge in [0.15, 0.2) is 0 Å². The number of hydrogen-bond donors (Lipinski definition) is 2. The van der Waals surface area contributed by atoms with Crippen LogP contribution in [-0.4, -0.2) is 54.1 Å². The van der Waals surface area contributed by atoms with Gasteiger partial charge in [-0.2, -0.15) is 4.98 Å². The second-order valence-electron chi connectivity index (χ2n) is 7.44. The molecule has 1 fully saturated rings. The Morgan fingerprint density at radius 1 is 1.20 bits per heavy atom.